The van der Waals surface area contributed by atoms with Gasteiger partial charge in [0.2, 0.25) is 11.7 Å². The molecule has 0 spiro atoms. The van der Waals surface area contributed by atoms with Crippen LogP contribution in [0.2, 0.25) is 0 Å². The lowest BCUT2D eigenvalue weighted by Gasteiger charge is -2.11. The third-order valence-corrected chi connectivity index (χ3v) is 1.87. The van der Waals surface area contributed by atoms with E-state index >= 15 is 0 Å². The van der Waals surface area contributed by atoms with E-state index in [9.17, 15) is 26.7 Å². The van der Waals surface area contributed by atoms with Crippen LogP contribution in [0, 0.1) is 29.1 Å². The number of hydrogen-bond acceptors (Lipinski definition) is 2. The van der Waals surface area contributed by atoms with Gasteiger partial charge in [0.15, 0.2) is 23.3 Å². The van der Waals surface area contributed by atoms with Crippen LogP contribution in [0.25, 0.3) is 0 Å². The third kappa shape index (κ3) is 2.88. The van der Waals surface area contributed by atoms with Gasteiger partial charge in [-0.2, -0.15) is 0 Å². The van der Waals surface area contributed by atoms with E-state index in [0.29, 0.717) is 0 Å². The van der Waals surface area contributed by atoms with Crippen molar-refractivity contribution in [2.75, 3.05) is 5.32 Å². The van der Waals surface area contributed by atoms with Crippen molar-refractivity contribution in [2.24, 2.45) is 5.73 Å². The van der Waals surface area contributed by atoms with E-state index in [1.165, 1.54) is 12.2 Å². The smallest absolute Gasteiger partial charge is 0.241 e. The molecule has 1 aromatic rings. The summed E-state index contributed by atoms with van der Waals surface area (Å²) in [5.74, 6) is -11.9. The Bertz CT molecular complexity index is 452. The SMILES string of the molecule is CC(N)C(=O)Nc1c(F)c(F)c(F)c(F)c1F.Cl. The number of nitrogens with one attached hydrogen (secondary N) is 1. The van der Waals surface area contributed by atoms with Gasteiger partial charge in [-0.15, -0.1) is 12.4 Å². The molecular weight excluding hydrogens is 283 g/mol. The maximum atomic E-state index is 13.0. The number of carbonyl (C=O) groups is 1. The number of rotatable bonds is 2. The average Bonchev–Trinajstić information content (AvgIpc) is 2.29. The van der Waals surface area contributed by atoms with Crippen molar-refractivity contribution < 1.29 is 26.7 Å². The molecule has 1 unspecified atom stereocenters. The Labute approximate surface area is 105 Å². The van der Waals surface area contributed by atoms with E-state index in [0.717, 1.165) is 0 Å². The largest absolute Gasteiger partial charge is 0.320 e. The Balaban J connectivity index is 0.00000289. The van der Waals surface area contributed by atoms with Gasteiger partial charge in [-0.3, -0.25) is 4.79 Å². The summed E-state index contributed by atoms with van der Waals surface area (Å²) >= 11 is 0. The molecule has 0 heterocycles. The molecule has 3 nitrogen and oxygen atoms in total. The van der Waals surface area contributed by atoms with Crippen LogP contribution in [0.3, 0.4) is 0 Å². The zero-order chi connectivity index (χ0) is 13.3. The van der Waals surface area contributed by atoms with Gasteiger partial charge >= 0.3 is 0 Å². The van der Waals surface area contributed by atoms with E-state index in [1.54, 1.807) is 0 Å². The van der Waals surface area contributed by atoms with Gasteiger partial charge in [0.25, 0.3) is 0 Å². The summed E-state index contributed by atoms with van der Waals surface area (Å²) in [6.45, 7) is 1.18. The molecule has 0 saturated carbocycles. The summed E-state index contributed by atoms with van der Waals surface area (Å²) in [7, 11) is 0. The molecule has 3 N–H and O–H groups in total. The zero-order valence-electron chi connectivity index (χ0n) is 8.86. The maximum absolute atomic E-state index is 13.0. The Morgan fingerprint density at radius 2 is 1.33 bits per heavy atom. The van der Waals surface area contributed by atoms with Crippen LogP contribution in [0.1, 0.15) is 6.92 Å². The molecule has 0 aromatic heterocycles. The fraction of sp³-hybridized carbons (Fsp3) is 0.222. The minimum absolute atomic E-state index is 0. The normalized spacial score (nSPS) is 11.7. The quantitative estimate of drug-likeness (QED) is 0.498. The molecule has 1 aromatic carbocycles. The summed E-state index contributed by atoms with van der Waals surface area (Å²) in [6.07, 6.45) is 0. The van der Waals surface area contributed by atoms with Crippen molar-refractivity contribution in [1.82, 2.24) is 0 Å². The van der Waals surface area contributed by atoms with E-state index in [2.05, 4.69) is 0 Å². The predicted molar refractivity (Wildman–Crippen MR) is 55.8 cm³/mol. The fourth-order valence-corrected chi connectivity index (χ4v) is 0.952. The summed E-state index contributed by atoms with van der Waals surface area (Å²) in [6, 6.07) is -1.16. The highest BCUT2D eigenvalue weighted by Crippen LogP contribution is 2.26. The Morgan fingerprint density at radius 1 is 1.00 bits per heavy atom. The monoisotopic (exact) mass is 290 g/mol. The van der Waals surface area contributed by atoms with Gasteiger partial charge in [0.1, 0.15) is 5.69 Å². The van der Waals surface area contributed by atoms with Gasteiger partial charge in [0, 0.05) is 0 Å². The Morgan fingerprint density at radius 3 is 1.67 bits per heavy atom. The number of benzene rings is 1. The first-order valence-corrected chi connectivity index (χ1v) is 4.35. The highest BCUT2D eigenvalue weighted by atomic mass is 35.5. The number of hydrogen-bond donors (Lipinski definition) is 2. The fourth-order valence-electron chi connectivity index (χ4n) is 0.952. The highest BCUT2D eigenvalue weighted by molar-refractivity contribution is 5.94. The van der Waals surface area contributed by atoms with E-state index in [4.69, 9.17) is 5.73 Å². The van der Waals surface area contributed by atoms with Crippen LogP contribution >= 0.6 is 12.4 Å². The number of amides is 1. The van der Waals surface area contributed by atoms with E-state index < -0.39 is 46.7 Å². The maximum Gasteiger partial charge on any atom is 0.241 e. The highest BCUT2D eigenvalue weighted by Gasteiger charge is 2.27. The molecule has 102 valence electrons. The molecule has 0 radical (unpaired) electrons. The van der Waals surface area contributed by atoms with Gasteiger partial charge in [0.05, 0.1) is 6.04 Å². The van der Waals surface area contributed by atoms with Gasteiger partial charge in [-0.25, -0.2) is 22.0 Å². The lowest BCUT2D eigenvalue weighted by Crippen LogP contribution is -2.33. The molecule has 0 aliphatic rings. The van der Waals surface area contributed by atoms with Crippen LogP contribution < -0.4 is 11.1 Å². The lowest BCUT2D eigenvalue weighted by atomic mass is 10.2. The minimum atomic E-state index is -2.29. The molecule has 0 bridgehead atoms. The molecule has 18 heavy (non-hydrogen) atoms. The molecule has 1 amide bonds. The molecule has 1 rings (SSSR count). The van der Waals surface area contributed by atoms with E-state index in [-0.39, 0.29) is 12.4 Å². The van der Waals surface area contributed by atoms with Crippen molar-refractivity contribution in [3.63, 3.8) is 0 Å². The molecule has 0 saturated heterocycles. The van der Waals surface area contributed by atoms with Crippen molar-refractivity contribution in [2.45, 2.75) is 13.0 Å². The molecule has 0 fully saturated rings. The van der Waals surface area contributed by atoms with Gasteiger partial charge in [-0.05, 0) is 6.92 Å². The first-order chi connectivity index (χ1) is 7.77. The third-order valence-electron chi connectivity index (χ3n) is 1.87. The molecule has 9 heteroatoms. The number of anilines is 1. The lowest BCUT2D eigenvalue weighted by molar-refractivity contribution is -0.117. The minimum Gasteiger partial charge on any atom is -0.320 e. The number of halogens is 6. The molecule has 0 aliphatic carbocycles. The second kappa shape index (κ2) is 5.96. The van der Waals surface area contributed by atoms with Crippen LogP contribution in [0.5, 0.6) is 0 Å². The molecule has 1 atom stereocenters. The summed E-state index contributed by atoms with van der Waals surface area (Å²) in [4.78, 5) is 11.0. The Hall–Kier alpha value is -1.41. The predicted octanol–water partition coefficient (Wildman–Crippen LogP) is 2.09. The average molecular weight is 291 g/mol. The van der Waals surface area contributed by atoms with E-state index in [1.807, 2.05) is 0 Å². The summed E-state index contributed by atoms with van der Waals surface area (Å²) in [5, 5.41) is 1.53. The van der Waals surface area contributed by atoms with Crippen LogP contribution in [-0.4, -0.2) is 11.9 Å². The topological polar surface area (TPSA) is 55.1 Å². The van der Waals surface area contributed by atoms with Crippen molar-refractivity contribution in [3.05, 3.63) is 29.1 Å². The van der Waals surface area contributed by atoms with Crippen LogP contribution in [0.4, 0.5) is 27.6 Å². The molecular formula is C9H8ClF5N2O. The van der Waals surface area contributed by atoms with Crippen LogP contribution in [-0.2, 0) is 4.79 Å². The van der Waals surface area contributed by atoms with Crippen LogP contribution in [0.15, 0.2) is 0 Å². The standard InChI is InChI=1S/C9H7F5N2O.ClH/c1-2(15)9(17)16-8-6(13)4(11)3(10)5(12)7(8)14;/h2H,15H2,1H3,(H,16,17);1H. The molecule has 0 aliphatic heterocycles. The van der Waals surface area contributed by atoms with Crippen molar-refractivity contribution in [1.29, 1.82) is 0 Å². The second-order valence-corrected chi connectivity index (χ2v) is 3.22. The number of nitrogens with two attached hydrogens (primary N) is 1. The van der Waals surface area contributed by atoms with Gasteiger partial charge < -0.3 is 11.1 Å². The summed E-state index contributed by atoms with van der Waals surface area (Å²) < 4.78 is 64.1. The first kappa shape index (κ1) is 16.6. The Kier molecular flexibility index (Phi) is 5.50. The zero-order valence-corrected chi connectivity index (χ0v) is 9.68. The summed E-state index contributed by atoms with van der Waals surface area (Å²) in [5.41, 5.74) is 3.66. The van der Waals surface area contributed by atoms with Crippen molar-refractivity contribution >= 4 is 24.0 Å². The second-order valence-electron chi connectivity index (χ2n) is 3.22. The van der Waals surface area contributed by atoms with Gasteiger partial charge in [-0.1, -0.05) is 0 Å². The van der Waals surface area contributed by atoms with Crippen molar-refractivity contribution in [3.8, 4) is 0 Å². The first-order valence-electron chi connectivity index (χ1n) is 4.35. The number of carbonyl (C=O) groups excluding carboxylic acids is 1.